The van der Waals surface area contributed by atoms with Gasteiger partial charge in [0.05, 0.1) is 4.92 Å². The standard InChI is InChI=1S/C11H15N3O2S/c1-12-9-3-2-4-10(11(9)14(15)16)13-5-7-17-8-6-13/h2-4,12H,5-8H2,1H3. The van der Waals surface area contributed by atoms with Crippen LogP contribution in [-0.4, -0.2) is 36.6 Å². The predicted octanol–water partition coefficient (Wildman–Crippen LogP) is 2.19. The van der Waals surface area contributed by atoms with E-state index in [1.807, 2.05) is 23.9 Å². The summed E-state index contributed by atoms with van der Waals surface area (Å²) in [7, 11) is 1.71. The summed E-state index contributed by atoms with van der Waals surface area (Å²) in [5.41, 5.74) is 1.48. The highest BCUT2D eigenvalue weighted by molar-refractivity contribution is 7.99. The van der Waals surface area contributed by atoms with E-state index in [4.69, 9.17) is 0 Å². The topological polar surface area (TPSA) is 58.4 Å². The maximum atomic E-state index is 11.2. The van der Waals surface area contributed by atoms with E-state index in [2.05, 4.69) is 10.2 Å². The Bertz CT molecular complexity index is 419. The van der Waals surface area contributed by atoms with Gasteiger partial charge >= 0.3 is 5.69 Å². The van der Waals surface area contributed by atoms with Crippen molar-refractivity contribution < 1.29 is 4.92 Å². The lowest BCUT2D eigenvalue weighted by Crippen LogP contribution is -2.32. The van der Waals surface area contributed by atoms with Crippen LogP contribution in [0.25, 0.3) is 0 Å². The molecule has 0 radical (unpaired) electrons. The molecule has 1 saturated heterocycles. The van der Waals surface area contributed by atoms with Gasteiger partial charge < -0.3 is 10.2 Å². The molecule has 0 aromatic heterocycles. The molecule has 0 unspecified atom stereocenters. The minimum absolute atomic E-state index is 0.182. The van der Waals surface area contributed by atoms with Gasteiger partial charge in [-0.1, -0.05) is 6.07 Å². The summed E-state index contributed by atoms with van der Waals surface area (Å²) < 4.78 is 0. The van der Waals surface area contributed by atoms with Crippen LogP contribution >= 0.6 is 11.8 Å². The normalized spacial score (nSPS) is 15.7. The average molecular weight is 253 g/mol. The highest BCUT2D eigenvalue weighted by Gasteiger charge is 2.24. The molecule has 1 heterocycles. The highest BCUT2D eigenvalue weighted by atomic mass is 32.2. The first-order valence-electron chi connectivity index (χ1n) is 5.52. The lowest BCUT2D eigenvalue weighted by molar-refractivity contribution is -0.383. The fraction of sp³-hybridized carbons (Fsp3) is 0.455. The fourth-order valence-corrected chi connectivity index (χ4v) is 2.89. The predicted molar refractivity (Wildman–Crippen MR) is 72.2 cm³/mol. The van der Waals surface area contributed by atoms with Gasteiger partial charge in [-0.25, -0.2) is 0 Å². The zero-order chi connectivity index (χ0) is 12.3. The van der Waals surface area contributed by atoms with Crippen molar-refractivity contribution >= 4 is 28.8 Å². The van der Waals surface area contributed by atoms with E-state index in [0.29, 0.717) is 5.69 Å². The van der Waals surface area contributed by atoms with Gasteiger partial charge in [0.25, 0.3) is 0 Å². The number of nitro benzene ring substituents is 1. The van der Waals surface area contributed by atoms with Crippen LogP contribution in [0.5, 0.6) is 0 Å². The van der Waals surface area contributed by atoms with E-state index < -0.39 is 0 Å². The smallest absolute Gasteiger partial charge is 0.315 e. The molecule has 1 aromatic rings. The molecule has 0 aliphatic carbocycles. The van der Waals surface area contributed by atoms with Crippen molar-refractivity contribution in [3.8, 4) is 0 Å². The second-order valence-electron chi connectivity index (χ2n) is 3.78. The molecule has 1 fully saturated rings. The van der Waals surface area contributed by atoms with Crippen LogP contribution in [0.1, 0.15) is 0 Å². The van der Waals surface area contributed by atoms with Crippen molar-refractivity contribution in [2.75, 3.05) is 41.9 Å². The molecular weight excluding hydrogens is 238 g/mol. The number of nitrogens with one attached hydrogen (secondary N) is 1. The van der Waals surface area contributed by atoms with Crippen LogP contribution in [0.3, 0.4) is 0 Å². The number of nitrogens with zero attached hydrogens (tertiary/aromatic N) is 2. The first kappa shape index (κ1) is 12.0. The summed E-state index contributed by atoms with van der Waals surface area (Å²) in [6.07, 6.45) is 0. The maximum absolute atomic E-state index is 11.2. The van der Waals surface area contributed by atoms with Crippen LogP contribution in [0.4, 0.5) is 17.1 Å². The first-order valence-corrected chi connectivity index (χ1v) is 6.67. The molecule has 92 valence electrons. The summed E-state index contributed by atoms with van der Waals surface area (Å²) in [5, 5.41) is 14.1. The summed E-state index contributed by atoms with van der Waals surface area (Å²) in [4.78, 5) is 13.0. The van der Waals surface area contributed by atoms with E-state index in [9.17, 15) is 10.1 Å². The molecule has 0 atom stereocenters. The highest BCUT2D eigenvalue weighted by Crippen LogP contribution is 2.36. The summed E-state index contributed by atoms with van der Waals surface area (Å²) in [6, 6.07) is 5.42. The molecule has 0 saturated carbocycles. The van der Waals surface area contributed by atoms with Gasteiger partial charge in [-0.05, 0) is 12.1 Å². The SMILES string of the molecule is CNc1cccc(N2CCSCC2)c1[N+](=O)[O-]. The third-order valence-electron chi connectivity index (χ3n) is 2.82. The van der Waals surface area contributed by atoms with E-state index in [1.54, 1.807) is 13.1 Å². The lowest BCUT2D eigenvalue weighted by atomic mass is 10.2. The molecule has 5 nitrogen and oxygen atoms in total. The van der Waals surface area contributed by atoms with E-state index in [-0.39, 0.29) is 10.6 Å². The number of hydrogen-bond donors (Lipinski definition) is 1. The molecule has 0 amide bonds. The number of rotatable bonds is 3. The quantitative estimate of drug-likeness (QED) is 0.661. The van der Waals surface area contributed by atoms with Crippen LogP contribution in [-0.2, 0) is 0 Å². The Labute approximate surface area is 104 Å². The second kappa shape index (κ2) is 5.27. The van der Waals surface area contributed by atoms with Crippen LogP contribution < -0.4 is 10.2 Å². The van der Waals surface area contributed by atoms with Gasteiger partial charge in [-0.2, -0.15) is 11.8 Å². The molecule has 17 heavy (non-hydrogen) atoms. The Balaban J connectivity index is 2.40. The Morgan fingerprint density at radius 2 is 2.12 bits per heavy atom. The van der Waals surface area contributed by atoms with Crippen molar-refractivity contribution in [1.82, 2.24) is 0 Å². The van der Waals surface area contributed by atoms with Gasteiger partial charge in [0, 0.05) is 31.6 Å². The van der Waals surface area contributed by atoms with Crippen LogP contribution in [0.2, 0.25) is 0 Å². The number of para-hydroxylation sites is 1. The van der Waals surface area contributed by atoms with Crippen LogP contribution in [0, 0.1) is 10.1 Å². The monoisotopic (exact) mass is 253 g/mol. The second-order valence-corrected chi connectivity index (χ2v) is 5.00. The summed E-state index contributed by atoms with van der Waals surface area (Å²) in [6.45, 7) is 1.75. The molecule has 1 aliphatic heterocycles. The average Bonchev–Trinajstić information content (AvgIpc) is 2.38. The number of thioether (sulfide) groups is 1. The van der Waals surface area contributed by atoms with Crippen molar-refractivity contribution in [3.63, 3.8) is 0 Å². The van der Waals surface area contributed by atoms with Crippen molar-refractivity contribution in [3.05, 3.63) is 28.3 Å². The van der Waals surface area contributed by atoms with E-state index >= 15 is 0 Å². The fourth-order valence-electron chi connectivity index (χ4n) is 1.98. The number of nitro groups is 1. The molecule has 1 aliphatic rings. The number of benzene rings is 1. The molecule has 1 N–H and O–H groups in total. The largest absolute Gasteiger partial charge is 0.382 e. The Morgan fingerprint density at radius 3 is 2.71 bits per heavy atom. The summed E-state index contributed by atoms with van der Waals surface area (Å²) in [5.74, 6) is 2.06. The van der Waals surface area contributed by atoms with Gasteiger partial charge in [0.2, 0.25) is 0 Å². The lowest BCUT2D eigenvalue weighted by Gasteiger charge is -2.28. The van der Waals surface area contributed by atoms with Gasteiger partial charge in [0.15, 0.2) is 0 Å². The zero-order valence-corrected chi connectivity index (χ0v) is 10.5. The Kier molecular flexibility index (Phi) is 3.73. The van der Waals surface area contributed by atoms with Crippen molar-refractivity contribution in [2.45, 2.75) is 0 Å². The third kappa shape index (κ3) is 2.46. The van der Waals surface area contributed by atoms with Crippen molar-refractivity contribution in [1.29, 1.82) is 0 Å². The number of hydrogen-bond acceptors (Lipinski definition) is 5. The van der Waals surface area contributed by atoms with Gasteiger partial charge in [-0.3, -0.25) is 10.1 Å². The number of anilines is 2. The molecule has 2 rings (SSSR count). The molecular formula is C11H15N3O2S. The summed E-state index contributed by atoms with van der Waals surface area (Å²) >= 11 is 1.89. The third-order valence-corrected chi connectivity index (χ3v) is 3.76. The van der Waals surface area contributed by atoms with Crippen LogP contribution in [0.15, 0.2) is 18.2 Å². The first-order chi connectivity index (χ1) is 8.24. The van der Waals surface area contributed by atoms with E-state index in [1.165, 1.54) is 0 Å². The van der Waals surface area contributed by atoms with E-state index in [0.717, 1.165) is 30.3 Å². The molecule has 1 aromatic carbocycles. The minimum atomic E-state index is -0.303. The maximum Gasteiger partial charge on any atom is 0.315 e. The van der Waals surface area contributed by atoms with Crippen molar-refractivity contribution in [2.24, 2.45) is 0 Å². The van der Waals surface area contributed by atoms with Gasteiger partial charge in [0.1, 0.15) is 11.4 Å². The Hall–Kier alpha value is -1.43. The zero-order valence-electron chi connectivity index (χ0n) is 9.68. The molecule has 6 heteroatoms. The van der Waals surface area contributed by atoms with Gasteiger partial charge in [-0.15, -0.1) is 0 Å². The molecule has 0 spiro atoms. The molecule has 0 bridgehead atoms. The Morgan fingerprint density at radius 1 is 1.41 bits per heavy atom. The minimum Gasteiger partial charge on any atom is -0.382 e.